The van der Waals surface area contributed by atoms with Crippen LogP contribution in [0.1, 0.15) is 26.0 Å². The standard InChI is InChI=1S/C20H19Cl2N3O4S/c1-3-4-15-11-20(25(24-15)16-7-10-18(21)19(22)12-16)29-30(27,28)17-8-5-14(6-9-17)23-13(2)26/h5-12H,3-4H2,1-2H3,(H,23,26). The molecule has 7 nitrogen and oxygen atoms in total. The van der Waals surface area contributed by atoms with E-state index < -0.39 is 10.1 Å². The highest BCUT2D eigenvalue weighted by Gasteiger charge is 2.21. The van der Waals surface area contributed by atoms with Crippen molar-refractivity contribution < 1.29 is 17.4 Å². The second-order valence-electron chi connectivity index (χ2n) is 6.48. The van der Waals surface area contributed by atoms with Gasteiger partial charge >= 0.3 is 10.1 Å². The van der Waals surface area contributed by atoms with Crippen LogP contribution >= 0.6 is 23.2 Å². The molecule has 2 aromatic carbocycles. The lowest BCUT2D eigenvalue weighted by molar-refractivity contribution is -0.114. The highest BCUT2D eigenvalue weighted by molar-refractivity contribution is 7.87. The van der Waals surface area contributed by atoms with Crippen LogP contribution in [0.25, 0.3) is 5.69 Å². The Labute approximate surface area is 184 Å². The van der Waals surface area contributed by atoms with Gasteiger partial charge in [0.1, 0.15) is 4.90 Å². The number of hydrogen-bond donors (Lipinski definition) is 1. The maximum Gasteiger partial charge on any atom is 0.340 e. The number of halogens is 2. The van der Waals surface area contributed by atoms with E-state index in [1.165, 1.54) is 35.9 Å². The Morgan fingerprint density at radius 3 is 2.40 bits per heavy atom. The lowest BCUT2D eigenvalue weighted by atomic mass is 10.3. The fourth-order valence-corrected chi connectivity index (χ4v) is 3.92. The van der Waals surface area contributed by atoms with Crippen LogP contribution in [0.2, 0.25) is 10.0 Å². The van der Waals surface area contributed by atoms with E-state index in [4.69, 9.17) is 27.4 Å². The highest BCUT2D eigenvalue weighted by Crippen LogP contribution is 2.29. The van der Waals surface area contributed by atoms with Crippen LogP contribution in [0.3, 0.4) is 0 Å². The van der Waals surface area contributed by atoms with Crippen molar-refractivity contribution in [3.05, 3.63) is 64.3 Å². The van der Waals surface area contributed by atoms with Crippen LogP contribution in [0.5, 0.6) is 5.88 Å². The van der Waals surface area contributed by atoms with Crippen LogP contribution in [0.4, 0.5) is 5.69 Å². The first kappa shape index (κ1) is 22.1. The van der Waals surface area contributed by atoms with Crippen molar-refractivity contribution >= 4 is 44.9 Å². The Kier molecular flexibility index (Phi) is 6.70. The summed E-state index contributed by atoms with van der Waals surface area (Å²) in [5.41, 5.74) is 1.67. The molecule has 1 heterocycles. The third-order valence-corrected chi connectivity index (χ3v) is 6.02. The van der Waals surface area contributed by atoms with Gasteiger partial charge in [-0.3, -0.25) is 4.79 Å². The van der Waals surface area contributed by atoms with Gasteiger partial charge in [0, 0.05) is 18.7 Å². The number of amides is 1. The molecule has 0 saturated heterocycles. The number of nitrogens with one attached hydrogen (secondary N) is 1. The van der Waals surface area contributed by atoms with Crippen molar-refractivity contribution in [1.29, 1.82) is 0 Å². The van der Waals surface area contributed by atoms with Crippen LogP contribution in [0, 0.1) is 0 Å². The predicted molar refractivity (Wildman–Crippen MR) is 116 cm³/mol. The van der Waals surface area contributed by atoms with E-state index in [1.54, 1.807) is 24.3 Å². The number of benzene rings is 2. The fourth-order valence-electron chi connectivity index (χ4n) is 2.72. The molecule has 158 valence electrons. The number of nitrogens with zero attached hydrogens (tertiary/aromatic N) is 2. The first-order valence-electron chi connectivity index (χ1n) is 9.06. The third kappa shape index (κ3) is 5.13. The second-order valence-corrected chi connectivity index (χ2v) is 8.84. The van der Waals surface area contributed by atoms with Gasteiger partial charge in [-0.1, -0.05) is 36.5 Å². The van der Waals surface area contributed by atoms with Crippen LogP contribution in [-0.4, -0.2) is 24.1 Å². The molecular weight excluding hydrogens is 449 g/mol. The Morgan fingerprint density at radius 2 is 1.80 bits per heavy atom. The quantitative estimate of drug-likeness (QED) is 0.501. The van der Waals surface area contributed by atoms with Gasteiger partial charge in [0.15, 0.2) is 0 Å². The lowest BCUT2D eigenvalue weighted by Gasteiger charge is -2.10. The van der Waals surface area contributed by atoms with Gasteiger partial charge in [-0.2, -0.15) is 18.2 Å². The maximum absolute atomic E-state index is 12.8. The predicted octanol–water partition coefficient (Wildman–Crippen LogP) is 4.86. The van der Waals surface area contributed by atoms with Crippen molar-refractivity contribution in [2.75, 3.05) is 5.32 Å². The van der Waals surface area contributed by atoms with Gasteiger partial charge in [-0.25, -0.2) is 0 Å². The highest BCUT2D eigenvalue weighted by atomic mass is 35.5. The number of carbonyl (C=O) groups is 1. The number of aryl methyl sites for hydroxylation is 1. The molecule has 0 spiro atoms. The van der Waals surface area contributed by atoms with E-state index in [0.29, 0.717) is 33.5 Å². The first-order chi connectivity index (χ1) is 14.2. The van der Waals surface area contributed by atoms with E-state index in [0.717, 1.165) is 6.42 Å². The molecule has 3 aromatic rings. The van der Waals surface area contributed by atoms with Crippen molar-refractivity contribution in [1.82, 2.24) is 9.78 Å². The average molecular weight is 468 g/mol. The van der Waals surface area contributed by atoms with Crippen LogP contribution in [0.15, 0.2) is 53.4 Å². The minimum Gasteiger partial charge on any atom is -0.358 e. The monoisotopic (exact) mass is 467 g/mol. The van der Waals surface area contributed by atoms with Crippen molar-refractivity contribution in [2.24, 2.45) is 0 Å². The van der Waals surface area contributed by atoms with E-state index in [1.807, 2.05) is 6.92 Å². The number of anilines is 1. The molecule has 3 rings (SSSR count). The van der Waals surface area contributed by atoms with E-state index >= 15 is 0 Å². The number of aromatic nitrogens is 2. The summed E-state index contributed by atoms with van der Waals surface area (Å²) < 4.78 is 32.4. The number of carbonyl (C=O) groups excluding carboxylic acids is 1. The largest absolute Gasteiger partial charge is 0.358 e. The van der Waals surface area contributed by atoms with E-state index in [-0.39, 0.29) is 16.7 Å². The summed E-state index contributed by atoms with van der Waals surface area (Å²) in [5.74, 6) is -0.224. The SMILES string of the molecule is CCCc1cc(OS(=O)(=O)c2ccc(NC(C)=O)cc2)n(-c2ccc(Cl)c(Cl)c2)n1. The van der Waals surface area contributed by atoms with Crippen molar-refractivity contribution in [2.45, 2.75) is 31.6 Å². The van der Waals surface area contributed by atoms with Gasteiger partial charge in [-0.15, -0.1) is 0 Å². The van der Waals surface area contributed by atoms with E-state index in [2.05, 4.69) is 10.4 Å². The molecule has 0 bridgehead atoms. The topological polar surface area (TPSA) is 90.3 Å². The van der Waals surface area contributed by atoms with Gasteiger partial charge in [0.2, 0.25) is 11.8 Å². The van der Waals surface area contributed by atoms with Crippen LogP contribution < -0.4 is 9.50 Å². The third-order valence-electron chi connectivity index (χ3n) is 4.04. The molecule has 0 atom stereocenters. The molecule has 0 aliphatic carbocycles. The zero-order valence-corrected chi connectivity index (χ0v) is 18.6. The summed E-state index contributed by atoms with van der Waals surface area (Å²) >= 11 is 12.1. The zero-order valence-electron chi connectivity index (χ0n) is 16.2. The van der Waals surface area contributed by atoms with Gasteiger partial charge in [0.25, 0.3) is 0 Å². The minimum atomic E-state index is -4.14. The average Bonchev–Trinajstić information content (AvgIpc) is 3.06. The van der Waals surface area contributed by atoms with Gasteiger partial charge in [0.05, 0.1) is 21.4 Å². The molecule has 30 heavy (non-hydrogen) atoms. The lowest BCUT2D eigenvalue weighted by Crippen LogP contribution is -2.13. The van der Waals surface area contributed by atoms with E-state index in [9.17, 15) is 13.2 Å². The van der Waals surface area contributed by atoms with Crippen molar-refractivity contribution in [3.8, 4) is 11.6 Å². The summed E-state index contributed by atoms with van der Waals surface area (Å²) in [6, 6.07) is 12.1. The number of hydrogen-bond acceptors (Lipinski definition) is 5. The maximum atomic E-state index is 12.8. The minimum absolute atomic E-state index is 0.0303. The summed E-state index contributed by atoms with van der Waals surface area (Å²) in [5, 5.41) is 7.70. The molecule has 0 aliphatic rings. The Hall–Kier alpha value is -2.55. The molecule has 1 amide bonds. The second kappa shape index (κ2) is 9.07. The molecule has 0 aliphatic heterocycles. The Balaban J connectivity index is 1.96. The molecule has 1 aromatic heterocycles. The number of rotatable bonds is 7. The summed E-state index contributed by atoms with van der Waals surface area (Å²) in [4.78, 5) is 11.1. The Bertz CT molecular complexity index is 1180. The van der Waals surface area contributed by atoms with Gasteiger partial charge < -0.3 is 9.50 Å². The normalized spacial score (nSPS) is 11.3. The molecule has 10 heteroatoms. The molecule has 0 saturated carbocycles. The fraction of sp³-hybridized carbons (Fsp3) is 0.200. The smallest absolute Gasteiger partial charge is 0.340 e. The summed E-state index contributed by atoms with van der Waals surface area (Å²) in [7, 11) is -4.14. The molecule has 0 radical (unpaired) electrons. The molecule has 1 N–H and O–H groups in total. The van der Waals surface area contributed by atoms with Crippen molar-refractivity contribution in [3.63, 3.8) is 0 Å². The zero-order chi connectivity index (χ0) is 21.9. The van der Waals surface area contributed by atoms with Crippen LogP contribution in [-0.2, 0) is 21.3 Å². The first-order valence-corrected chi connectivity index (χ1v) is 11.2. The van der Waals surface area contributed by atoms with Gasteiger partial charge in [-0.05, 0) is 48.9 Å². The molecule has 0 fully saturated rings. The summed E-state index contributed by atoms with van der Waals surface area (Å²) in [6.07, 6.45) is 1.48. The molecule has 0 unspecified atom stereocenters. The summed E-state index contributed by atoms with van der Waals surface area (Å²) in [6.45, 7) is 3.36. The molecular formula is C20H19Cl2N3O4S. The Morgan fingerprint density at radius 1 is 1.10 bits per heavy atom.